The number of nitrogens with one attached hydrogen (secondary N) is 1. The summed E-state index contributed by atoms with van der Waals surface area (Å²) in [5.41, 5.74) is -0.722. The molecule has 118 valence electrons. The molecule has 8 heteroatoms. The summed E-state index contributed by atoms with van der Waals surface area (Å²) in [7, 11) is -3.93. The Labute approximate surface area is 123 Å². The van der Waals surface area contributed by atoms with Gasteiger partial charge >= 0.3 is 5.69 Å². The van der Waals surface area contributed by atoms with Gasteiger partial charge in [0.1, 0.15) is 0 Å². The lowest BCUT2D eigenvalue weighted by Gasteiger charge is -2.17. The van der Waals surface area contributed by atoms with Crippen LogP contribution in [0, 0.1) is 28.8 Å². The molecule has 1 unspecified atom stereocenters. The average molecular weight is 318 g/mol. The van der Waals surface area contributed by atoms with Gasteiger partial charge in [-0.2, -0.15) is 4.39 Å². The predicted octanol–water partition coefficient (Wildman–Crippen LogP) is 2.76. The van der Waals surface area contributed by atoms with Crippen molar-refractivity contribution in [3.05, 3.63) is 33.6 Å². The van der Waals surface area contributed by atoms with Gasteiger partial charge in [0.2, 0.25) is 15.8 Å². The Hall–Kier alpha value is -1.54. The first-order valence-electron chi connectivity index (χ1n) is 6.51. The van der Waals surface area contributed by atoms with E-state index in [0.29, 0.717) is 12.3 Å². The smallest absolute Gasteiger partial charge is 0.258 e. The van der Waals surface area contributed by atoms with E-state index in [4.69, 9.17) is 0 Å². The number of aryl methyl sites for hydroxylation is 1. The van der Waals surface area contributed by atoms with Gasteiger partial charge in [0.15, 0.2) is 0 Å². The summed E-state index contributed by atoms with van der Waals surface area (Å²) in [6.45, 7) is 7.02. The lowest BCUT2D eigenvalue weighted by atomic mass is 10.1. The van der Waals surface area contributed by atoms with Crippen LogP contribution in [-0.4, -0.2) is 19.4 Å². The number of halogens is 1. The molecule has 1 aromatic carbocycles. The molecule has 0 aromatic heterocycles. The fourth-order valence-electron chi connectivity index (χ4n) is 2.16. The molecule has 0 radical (unpaired) electrons. The van der Waals surface area contributed by atoms with Gasteiger partial charge in [-0.25, -0.2) is 13.1 Å². The fraction of sp³-hybridized carbons (Fsp3) is 0.538. The van der Waals surface area contributed by atoms with E-state index in [0.717, 1.165) is 12.1 Å². The highest BCUT2D eigenvalue weighted by Crippen LogP contribution is 2.25. The minimum absolute atomic E-state index is 0.127. The van der Waals surface area contributed by atoms with E-state index in [1.165, 1.54) is 6.92 Å². The second-order valence-corrected chi connectivity index (χ2v) is 7.16. The van der Waals surface area contributed by atoms with E-state index in [1.807, 2.05) is 13.8 Å². The van der Waals surface area contributed by atoms with E-state index in [9.17, 15) is 22.9 Å². The second kappa shape index (κ2) is 6.48. The highest BCUT2D eigenvalue weighted by atomic mass is 32.2. The van der Waals surface area contributed by atoms with Crippen molar-refractivity contribution in [1.29, 1.82) is 0 Å². The zero-order valence-corrected chi connectivity index (χ0v) is 13.2. The van der Waals surface area contributed by atoms with Gasteiger partial charge in [-0.05, 0) is 37.8 Å². The number of rotatable bonds is 6. The fourth-order valence-corrected chi connectivity index (χ4v) is 3.66. The molecule has 21 heavy (non-hydrogen) atoms. The Morgan fingerprint density at radius 1 is 1.33 bits per heavy atom. The first-order chi connectivity index (χ1) is 9.54. The number of benzene rings is 1. The van der Waals surface area contributed by atoms with Crippen molar-refractivity contribution in [3.63, 3.8) is 0 Å². The minimum atomic E-state index is -3.93. The molecule has 0 aliphatic rings. The van der Waals surface area contributed by atoms with Crippen LogP contribution in [0.2, 0.25) is 0 Å². The highest BCUT2D eigenvalue weighted by Gasteiger charge is 2.25. The van der Waals surface area contributed by atoms with Crippen molar-refractivity contribution in [2.24, 2.45) is 5.92 Å². The summed E-state index contributed by atoms with van der Waals surface area (Å²) in [5.74, 6) is -0.752. The molecule has 0 aliphatic carbocycles. The molecule has 1 atom stereocenters. The summed E-state index contributed by atoms with van der Waals surface area (Å²) >= 11 is 0. The number of nitro groups is 1. The SMILES string of the molecule is Cc1cc(F)c([N+](=O)[O-])cc1S(=O)(=O)NC(C)CC(C)C. The molecule has 0 fully saturated rings. The van der Waals surface area contributed by atoms with Crippen LogP contribution in [0.3, 0.4) is 0 Å². The number of nitro benzene ring substituents is 1. The van der Waals surface area contributed by atoms with E-state index < -0.39 is 26.5 Å². The van der Waals surface area contributed by atoms with E-state index in [1.54, 1.807) is 6.92 Å². The normalized spacial score (nSPS) is 13.4. The van der Waals surface area contributed by atoms with Crippen LogP contribution in [0.4, 0.5) is 10.1 Å². The molecule has 0 saturated heterocycles. The zero-order valence-electron chi connectivity index (χ0n) is 12.4. The largest absolute Gasteiger partial charge is 0.306 e. The Balaban J connectivity index is 3.19. The maximum absolute atomic E-state index is 13.4. The van der Waals surface area contributed by atoms with Crippen LogP contribution in [0.25, 0.3) is 0 Å². The molecular formula is C13H19FN2O4S. The summed E-state index contributed by atoms with van der Waals surface area (Å²) in [6, 6.07) is 1.30. The Morgan fingerprint density at radius 2 is 1.90 bits per heavy atom. The molecular weight excluding hydrogens is 299 g/mol. The number of nitrogens with zero attached hydrogens (tertiary/aromatic N) is 1. The molecule has 0 amide bonds. The summed E-state index contributed by atoms with van der Waals surface area (Å²) < 4.78 is 40.5. The number of sulfonamides is 1. The van der Waals surface area contributed by atoms with Gasteiger partial charge in [-0.1, -0.05) is 13.8 Å². The summed E-state index contributed by atoms with van der Waals surface area (Å²) in [4.78, 5) is 9.52. The Morgan fingerprint density at radius 3 is 2.38 bits per heavy atom. The van der Waals surface area contributed by atoms with Gasteiger partial charge in [0.25, 0.3) is 0 Å². The topological polar surface area (TPSA) is 89.3 Å². The van der Waals surface area contributed by atoms with Crippen molar-refractivity contribution >= 4 is 15.7 Å². The standard InChI is InChI=1S/C13H19FN2O4S/c1-8(2)5-10(4)15-21(19,20)13-7-12(16(17)18)11(14)6-9(13)3/h6-8,10,15H,5H2,1-4H3. The molecule has 0 aliphatic heterocycles. The molecule has 0 bridgehead atoms. The molecule has 0 saturated carbocycles. The summed E-state index contributed by atoms with van der Waals surface area (Å²) in [5, 5.41) is 10.7. The lowest BCUT2D eigenvalue weighted by molar-refractivity contribution is -0.387. The summed E-state index contributed by atoms with van der Waals surface area (Å²) in [6.07, 6.45) is 0.627. The zero-order chi connectivity index (χ0) is 16.4. The molecule has 1 aromatic rings. The van der Waals surface area contributed by atoms with Crippen LogP contribution < -0.4 is 4.72 Å². The molecule has 0 spiro atoms. The average Bonchev–Trinajstić information content (AvgIpc) is 2.25. The van der Waals surface area contributed by atoms with Crippen LogP contribution in [0.1, 0.15) is 32.8 Å². The van der Waals surface area contributed by atoms with E-state index in [-0.39, 0.29) is 16.5 Å². The molecule has 0 heterocycles. The first-order valence-corrected chi connectivity index (χ1v) is 7.99. The lowest BCUT2D eigenvalue weighted by Crippen LogP contribution is -2.34. The minimum Gasteiger partial charge on any atom is -0.258 e. The van der Waals surface area contributed by atoms with Crippen molar-refractivity contribution in [2.45, 2.75) is 45.1 Å². The molecule has 1 rings (SSSR count). The number of hydrogen-bond donors (Lipinski definition) is 1. The second-order valence-electron chi connectivity index (χ2n) is 5.48. The maximum Gasteiger partial charge on any atom is 0.306 e. The van der Waals surface area contributed by atoms with Crippen LogP contribution in [-0.2, 0) is 10.0 Å². The van der Waals surface area contributed by atoms with Crippen molar-refractivity contribution in [2.75, 3.05) is 0 Å². The Kier molecular flexibility index (Phi) is 5.41. The van der Waals surface area contributed by atoms with Crippen LogP contribution in [0.15, 0.2) is 17.0 Å². The third-order valence-electron chi connectivity index (χ3n) is 2.91. The van der Waals surface area contributed by atoms with Gasteiger partial charge < -0.3 is 0 Å². The van der Waals surface area contributed by atoms with E-state index in [2.05, 4.69) is 4.72 Å². The maximum atomic E-state index is 13.4. The van der Waals surface area contributed by atoms with Crippen molar-refractivity contribution < 1.29 is 17.7 Å². The van der Waals surface area contributed by atoms with Crippen molar-refractivity contribution in [1.82, 2.24) is 4.72 Å². The highest BCUT2D eigenvalue weighted by molar-refractivity contribution is 7.89. The van der Waals surface area contributed by atoms with Gasteiger partial charge in [0.05, 0.1) is 9.82 Å². The van der Waals surface area contributed by atoms with E-state index >= 15 is 0 Å². The third-order valence-corrected chi connectivity index (χ3v) is 4.64. The van der Waals surface area contributed by atoms with Gasteiger partial charge in [-0.3, -0.25) is 10.1 Å². The van der Waals surface area contributed by atoms with Crippen LogP contribution >= 0.6 is 0 Å². The van der Waals surface area contributed by atoms with Gasteiger partial charge in [0, 0.05) is 12.1 Å². The first kappa shape index (κ1) is 17.5. The monoisotopic (exact) mass is 318 g/mol. The quantitative estimate of drug-likeness (QED) is 0.645. The molecule has 6 nitrogen and oxygen atoms in total. The Bertz CT molecular complexity index is 644. The predicted molar refractivity (Wildman–Crippen MR) is 77.0 cm³/mol. The third kappa shape index (κ3) is 4.47. The molecule has 1 N–H and O–H groups in total. The van der Waals surface area contributed by atoms with Crippen LogP contribution in [0.5, 0.6) is 0 Å². The number of hydrogen-bond acceptors (Lipinski definition) is 4. The van der Waals surface area contributed by atoms with Gasteiger partial charge in [-0.15, -0.1) is 0 Å². The van der Waals surface area contributed by atoms with Crippen molar-refractivity contribution in [3.8, 4) is 0 Å².